The summed E-state index contributed by atoms with van der Waals surface area (Å²) < 4.78 is 82.3. The molecule has 1 aliphatic carbocycles. The number of aryl methyl sites for hydroxylation is 1. The van der Waals surface area contributed by atoms with Gasteiger partial charge in [-0.05, 0) is 38.5 Å². The number of carbonyl (C=O) groups excluding carboxylic acids is 1. The van der Waals surface area contributed by atoms with Gasteiger partial charge in [0, 0.05) is 17.2 Å². The summed E-state index contributed by atoms with van der Waals surface area (Å²) in [5, 5.41) is 2.43. The number of aliphatic imine (C=N–C) groups is 1. The van der Waals surface area contributed by atoms with E-state index in [0.29, 0.717) is 0 Å². The van der Waals surface area contributed by atoms with E-state index in [9.17, 15) is 31.1 Å². The first-order valence-corrected chi connectivity index (χ1v) is 11.0. The molecule has 3 atom stereocenters. The number of anilines is 1. The van der Waals surface area contributed by atoms with Gasteiger partial charge in [0.25, 0.3) is 12.3 Å². The molecule has 0 unspecified atom stereocenters. The molecule has 35 heavy (non-hydrogen) atoms. The van der Waals surface area contributed by atoms with Gasteiger partial charge in [-0.2, -0.15) is 13.2 Å². The van der Waals surface area contributed by atoms with Crippen LogP contribution in [0.15, 0.2) is 29.4 Å². The molecule has 4 rings (SSSR count). The van der Waals surface area contributed by atoms with Crippen LogP contribution in [-0.4, -0.2) is 45.0 Å². The second-order valence-electron chi connectivity index (χ2n) is 8.41. The minimum Gasteiger partial charge on any atom is -0.467 e. The molecule has 2 aliphatic rings. The molecule has 0 radical (unpaired) electrons. The summed E-state index contributed by atoms with van der Waals surface area (Å²) in [4.78, 5) is 24.6. The first-order valence-electron chi connectivity index (χ1n) is 10.2. The lowest BCUT2D eigenvalue weighted by Gasteiger charge is -2.34. The van der Waals surface area contributed by atoms with Crippen molar-refractivity contribution in [2.45, 2.75) is 43.2 Å². The molecule has 0 saturated heterocycles. The topological polar surface area (TPSA) is 102 Å². The van der Waals surface area contributed by atoms with Gasteiger partial charge in [-0.3, -0.25) is 9.79 Å². The molecule has 1 aromatic heterocycles. The van der Waals surface area contributed by atoms with Crippen LogP contribution in [0.3, 0.4) is 0 Å². The molecule has 1 aliphatic heterocycles. The Morgan fingerprint density at radius 3 is 2.71 bits per heavy atom. The summed E-state index contributed by atoms with van der Waals surface area (Å²) in [5.41, 5.74) is 4.35. The largest absolute Gasteiger partial charge is 0.467 e. The number of nitrogens with two attached hydrogens (primary N) is 1. The first-order chi connectivity index (χ1) is 16.2. The number of carbonyl (C=O) groups is 1. The second-order valence-corrected chi connectivity index (χ2v) is 9.79. The van der Waals surface area contributed by atoms with E-state index in [1.165, 1.54) is 26.0 Å². The third-order valence-electron chi connectivity index (χ3n) is 5.93. The Hall–Kier alpha value is -3.03. The number of amidine groups is 1. The Morgan fingerprint density at radius 1 is 1.37 bits per heavy atom. The molecule has 1 aromatic carbocycles. The molecule has 2 heterocycles. The molecule has 1 amide bonds. The maximum absolute atomic E-state index is 14.8. The van der Waals surface area contributed by atoms with Crippen LogP contribution in [0.25, 0.3) is 0 Å². The van der Waals surface area contributed by atoms with Crippen molar-refractivity contribution in [3.05, 3.63) is 47.2 Å². The number of nitrogens with one attached hydrogen (secondary N) is 1. The van der Waals surface area contributed by atoms with Crippen LogP contribution < -0.4 is 15.8 Å². The molecule has 0 bridgehead atoms. The van der Waals surface area contributed by atoms with Crippen LogP contribution in [0.1, 0.15) is 35.1 Å². The molecular formula is C21H19F6N5O2S. The van der Waals surface area contributed by atoms with E-state index < -0.39 is 53.0 Å². The zero-order valence-electron chi connectivity index (χ0n) is 18.3. The predicted molar refractivity (Wildman–Crippen MR) is 116 cm³/mol. The minimum absolute atomic E-state index is 0.00199. The molecule has 188 valence electrons. The van der Waals surface area contributed by atoms with E-state index >= 15 is 0 Å². The normalized spacial score (nSPS) is 25.6. The standard InChI is InChI=1S/C21H19F6N5O2S/c1-9-15(29-7-14(30-9)34-8-21(25,26)27)16(33)31-10-3-4-12(22)11(5-10)19(2)13-6-20(13,17(23)24)35-18(28)32-19/h3-5,7,13,17H,6,8H2,1-2H3,(H2,28,32)(H,31,33)/t13-,19+,20-/m0/s1. The lowest BCUT2D eigenvalue weighted by atomic mass is 9.85. The van der Waals surface area contributed by atoms with E-state index in [-0.39, 0.29) is 34.2 Å². The number of amides is 1. The minimum atomic E-state index is -4.57. The van der Waals surface area contributed by atoms with Gasteiger partial charge in [0.1, 0.15) is 11.5 Å². The number of hydrogen-bond acceptors (Lipinski definition) is 7. The van der Waals surface area contributed by atoms with Crippen LogP contribution in [0.5, 0.6) is 5.88 Å². The zero-order chi connectivity index (χ0) is 25.8. The summed E-state index contributed by atoms with van der Waals surface area (Å²) >= 11 is 0.791. The SMILES string of the molecule is Cc1nc(OCC(F)(F)F)cnc1C(=O)Nc1ccc(F)c([C@@]2(C)N=C(N)S[C@@]3(C(F)F)C[C@@H]23)c1. The van der Waals surface area contributed by atoms with Crippen LogP contribution in [0, 0.1) is 18.7 Å². The third kappa shape index (κ3) is 4.75. The van der Waals surface area contributed by atoms with Crippen LogP contribution in [0.4, 0.5) is 32.0 Å². The van der Waals surface area contributed by atoms with E-state index in [0.717, 1.165) is 24.0 Å². The molecule has 1 saturated carbocycles. The highest BCUT2D eigenvalue weighted by molar-refractivity contribution is 8.15. The number of hydrogen-bond donors (Lipinski definition) is 2. The van der Waals surface area contributed by atoms with E-state index in [2.05, 4.69) is 25.0 Å². The summed E-state index contributed by atoms with van der Waals surface area (Å²) in [6.45, 7) is 1.31. The van der Waals surface area contributed by atoms with Crippen molar-refractivity contribution in [1.82, 2.24) is 9.97 Å². The van der Waals surface area contributed by atoms with Crippen LogP contribution in [-0.2, 0) is 5.54 Å². The first kappa shape index (κ1) is 25.1. The predicted octanol–water partition coefficient (Wildman–Crippen LogP) is 4.42. The maximum Gasteiger partial charge on any atom is 0.422 e. The second kappa shape index (κ2) is 8.57. The van der Waals surface area contributed by atoms with Gasteiger partial charge in [-0.15, -0.1) is 0 Å². The Kier molecular flexibility index (Phi) is 6.14. The maximum atomic E-state index is 14.8. The molecule has 14 heteroatoms. The molecule has 2 aromatic rings. The van der Waals surface area contributed by atoms with Gasteiger partial charge in [0.2, 0.25) is 5.88 Å². The Balaban J connectivity index is 1.56. The van der Waals surface area contributed by atoms with Crippen molar-refractivity contribution in [2.24, 2.45) is 16.6 Å². The van der Waals surface area contributed by atoms with Crippen molar-refractivity contribution in [1.29, 1.82) is 0 Å². The molecule has 0 spiro atoms. The van der Waals surface area contributed by atoms with Crippen molar-refractivity contribution >= 4 is 28.5 Å². The Morgan fingerprint density at radius 2 is 2.09 bits per heavy atom. The number of rotatable bonds is 6. The average Bonchev–Trinajstić information content (AvgIpc) is 3.50. The van der Waals surface area contributed by atoms with Crippen molar-refractivity contribution in [3.8, 4) is 5.88 Å². The summed E-state index contributed by atoms with van der Waals surface area (Å²) in [5.74, 6) is -2.54. The zero-order valence-corrected chi connectivity index (χ0v) is 19.1. The van der Waals surface area contributed by atoms with Crippen LogP contribution >= 0.6 is 11.8 Å². The fourth-order valence-electron chi connectivity index (χ4n) is 4.20. The Bertz CT molecular complexity index is 1210. The summed E-state index contributed by atoms with van der Waals surface area (Å²) in [7, 11) is 0. The highest BCUT2D eigenvalue weighted by Crippen LogP contribution is 2.68. The molecular weight excluding hydrogens is 500 g/mol. The Labute approximate surface area is 199 Å². The van der Waals surface area contributed by atoms with Gasteiger partial charge in [-0.1, -0.05) is 11.8 Å². The number of aromatic nitrogens is 2. The highest BCUT2D eigenvalue weighted by atomic mass is 32.2. The van der Waals surface area contributed by atoms with Crippen molar-refractivity contribution in [3.63, 3.8) is 0 Å². The number of halogens is 6. The smallest absolute Gasteiger partial charge is 0.422 e. The monoisotopic (exact) mass is 519 g/mol. The van der Waals surface area contributed by atoms with Gasteiger partial charge in [-0.25, -0.2) is 23.1 Å². The summed E-state index contributed by atoms with van der Waals surface area (Å²) in [6.07, 6.45) is -6.27. The number of alkyl halides is 5. The quantitative estimate of drug-likeness (QED) is 0.548. The van der Waals surface area contributed by atoms with Gasteiger partial charge < -0.3 is 15.8 Å². The average molecular weight is 519 g/mol. The van der Waals surface area contributed by atoms with Gasteiger partial charge in [0.05, 0.1) is 22.2 Å². The van der Waals surface area contributed by atoms with Gasteiger partial charge in [0.15, 0.2) is 11.8 Å². The number of fused-ring (bicyclic) bond motifs is 1. The molecule has 1 fully saturated rings. The number of nitrogens with zero attached hydrogens (tertiary/aromatic N) is 3. The fourth-order valence-corrected chi connectivity index (χ4v) is 5.53. The molecule has 3 N–H and O–H groups in total. The highest BCUT2D eigenvalue weighted by Gasteiger charge is 2.71. The fraction of sp³-hybridized carbons (Fsp3) is 0.429. The third-order valence-corrected chi connectivity index (χ3v) is 7.24. The van der Waals surface area contributed by atoms with Gasteiger partial charge >= 0.3 is 6.18 Å². The van der Waals surface area contributed by atoms with E-state index in [4.69, 9.17) is 5.73 Å². The van der Waals surface area contributed by atoms with E-state index in [1.54, 1.807) is 0 Å². The van der Waals surface area contributed by atoms with Crippen LogP contribution in [0.2, 0.25) is 0 Å². The lowest BCUT2D eigenvalue weighted by molar-refractivity contribution is -0.154. The number of thioether (sulfide) groups is 1. The van der Waals surface area contributed by atoms with E-state index in [1.807, 2.05) is 0 Å². The van der Waals surface area contributed by atoms with Crippen molar-refractivity contribution < 1.29 is 35.9 Å². The molecule has 7 nitrogen and oxygen atoms in total. The summed E-state index contributed by atoms with van der Waals surface area (Å²) in [6, 6.07) is 3.63. The van der Waals surface area contributed by atoms with Crippen molar-refractivity contribution in [2.75, 3.05) is 11.9 Å². The number of benzene rings is 1. The number of ether oxygens (including phenoxy) is 1. The lowest BCUT2D eigenvalue weighted by Crippen LogP contribution is -2.38.